The van der Waals surface area contributed by atoms with Gasteiger partial charge in [-0.2, -0.15) is 0 Å². The van der Waals surface area contributed by atoms with E-state index in [4.69, 9.17) is 10.5 Å². The summed E-state index contributed by atoms with van der Waals surface area (Å²) >= 11 is 0. The van der Waals surface area contributed by atoms with Crippen molar-refractivity contribution < 1.29 is 9.53 Å². The Hall–Kier alpha value is -0.570. The molecule has 0 aromatic heterocycles. The van der Waals surface area contributed by atoms with Gasteiger partial charge in [-0.25, -0.2) is 0 Å². The first kappa shape index (κ1) is 10.4. The number of rotatable bonds is 4. The summed E-state index contributed by atoms with van der Waals surface area (Å²) in [7, 11) is 0. The fourth-order valence-corrected chi connectivity index (χ4v) is 0.551. The number of nitrogens with two attached hydrogens (primary N) is 1. The van der Waals surface area contributed by atoms with E-state index in [1.165, 1.54) is 0 Å². The molecule has 0 rings (SSSR count). The van der Waals surface area contributed by atoms with Crippen molar-refractivity contribution in [1.82, 2.24) is 0 Å². The van der Waals surface area contributed by atoms with E-state index >= 15 is 0 Å². The van der Waals surface area contributed by atoms with Crippen LogP contribution in [0.3, 0.4) is 0 Å². The van der Waals surface area contributed by atoms with Crippen LogP contribution in [0.1, 0.15) is 33.6 Å². The number of ether oxygens (including phenoxy) is 1. The summed E-state index contributed by atoms with van der Waals surface area (Å²) in [5, 5.41) is 0. The molecule has 0 saturated heterocycles. The van der Waals surface area contributed by atoms with Gasteiger partial charge in [0.05, 0.1) is 0 Å². The molecule has 66 valence electrons. The first-order valence-electron chi connectivity index (χ1n) is 4.03. The average Bonchev–Trinajstić information content (AvgIpc) is 1.87. The molecule has 0 radical (unpaired) electrons. The van der Waals surface area contributed by atoms with Crippen LogP contribution in [0.2, 0.25) is 0 Å². The van der Waals surface area contributed by atoms with Crippen LogP contribution in [0.15, 0.2) is 0 Å². The van der Waals surface area contributed by atoms with Gasteiger partial charge >= 0.3 is 5.97 Å². The van der Waals surface area contributed by atoms with E-state index in [-0.39, 0.29) is 11.9 Å². The topological polar surface area (TPSA) is 52.3 Å². The Morgan fingerprint density at radius 1 is 1.55 bits per heavy atom. The monoisotopic (exact) mass is 159 g/mol. The lowest BCUT2D eigenvalue weighted by Crippen LogP contribution is -2.32. The van der Waals surface area contributed by atoms with Gasteiger partial charge in [0.25, 0.3) is 0 Å². The van der Waals surface area contributed by atoms with Gasteiger partial charge in [0, 0.05) is 12.3 Å². The summed E-state index contributed by atoms with van der Waals surface area (Å²) in [4.78, 5) is 10.9. The predicted octanol–water partition coefficient (Wildman–Crippen LogP) is 1.27. The molecule has 0 bridgehead atoms. The van der Waals surface area contributed by atoms with E-state index < -0.39 is 6.23 Å². The molecular weight excluding hydrogens is 142 g/mol. The van der Waals surface area contributed by atoms with Crippen LogP contribution >= 0.6 is 0 Å². The quantitative estimate of drug-likeness (QED) is 0.496. The largest absolute Gasteiger partial charge is 0.447 e. The number of carbonyl (C=O) groups excluding carboxylic acids is 1. The zero-order valence-electron chi connectivity index (χ0n) is 7.46. The van der Waals surface area contributed by atoms with Gasteiger partial charge < -0.3 is 4.74 Å². The number of hydrogen-bond donors (Lipinski definition) is 1. The lowest BCUT2D eigenvalue weighted by molar-refractivity contribution is -0.150. The molecule has 3 heteroatoms. The highest BCUT2D eigenvalue weighted by Gasteiger charge is 2.11. The molecule has 1 unspecified atom stereocenters. The van der Waals surface area contributed by atoms with Gasteiger partial charge in [0.2, 0.25) is 0 Å². The second kappa shape index (κ2) is 5.13. The predicted molar refractivity (Wildman–Crippen MR) is 43.8 cm³/mol. The van der Waals surface area contributed by atoms with Crippen molar-refractivity contribution >= 4 is 5.97 Å². The maximum absolute atomic E-state index is 10.9. The molecule has 2 N–H and O–H groups in total. The summed E-state index contributed by atoms with van der Waals surface area (Å²) in [6, 6.07) is 0. The lowest BCUT2D eigenvalue weighted by Gasteiger charge is -2.15. The van der Waals surface area contributed by atoms with E-state index in [9.17, 15) is 4.79 Å². The minimum absolute atomic E-state index is 0.191. The van der Waals surface area contributed by atoms with Crippen LogP contribution < -0.4 is 5.73 Å². The highest BCUT2D eigenvalue weighted by atomic mass is 16.6. The molecule has 0 amide bonds. The third-order valence-electron chi connectivity index (χ3n) is 1.38. The first-order valence-corrected chi connectivity index (χ1v) is 4.03. The van der Waals surface area contributed by atoms with Crippen LogP contribution in [-0.2, 0) is 9.53 Å². The van der Waals surface area contributed by atoms with Crippen molar-refractivity contribution in [2.45, 2.75) is 39.8 Å². The van der Waals surface area contributed by atoms with Crippen LogP contribution in [0, 0.1) is 5.92 Å². The van der Waals surface area contributed by atoms with Gasteiger partial charge in [-0.05, 0) is 6.42 Å². The second-order valence-corrected chi connectivity index (χ2v) is 2.95. The minimum Gasteiger partial charge on any atom is -0.447 e. The van der Waals surface area contributed by atoms with Crippen LogP contribution in [0.4, 0.5) is 0 Å². The normalized spacial score (nSPS) is 13.2. The number of carbonyl (C=O) groups is 1. The Morgan fingerprint density at radius 2 is 2.09 bits per heavy atom. The molecule has 0 heterocycles. The smallest absolute Gasteiger partial charge is 0.307 e. The van der Waals surface area contributed by atoms with Gasteiger partial charge in [0.15, 0.2) is 6.23 Å². The fourth-order valence-electron chi connectivity index (χ4n) is 0.551. The Kier molecular flexibility index (Phi) is 4.86. The van der Waals surface area contributed by atoms with Gasteiger partial charge in [-0.15, -0.1) is 0 Å². The fraction of sp³-hybridized carbons (Fsp3) is 0.875. The molecule has 0 spiro atoms. The molecule has 0 saturated carbocycles. The third kappa shape index (κ3) is 4.79. The number of hydrogen-bond acceptors (Lipinski definition) is 3. The molecule has 0 aliphatic heterocycles. The standard InChI is InChI=1S/C8H17NO2/c1-4-5-7(10)11-8(9)6(2)3/h6,8H,4-5,9H2,1-3H3. The summed E-state index contributed by atoms with van der Waals surface area (Å²) in [5.41, 5.74) is 5.50. The highest BCUT2D eigenvalue weighted by molar-refractivity contribution is 5.69. The van der Waals surface area contributed by atoms with Crippen LogP contribution in [0.25, 0.3) is 0 Å². The molecule has 0 aromatic carbocycles. The summed E-state index contributed by atoms with van der Waals surface area (Å²) in [6.45, 7) is 5.77. The van der Waals surface area contributed by atoms with Crippen LogP contribution in [-0.4, -0.2) is 12.2 Å². The molecule has 0 fully saturated rings. The molecule has 1 atom stereocenters. The molecule has 0 aliphatic carbocycles. The summed E-state index contributed by atoms with van der Waals surface area (Å²) in [5.74, 6) is -0.00972. The van der Waals surface area contributed by atoms with Gasteiger partial charge in [-0.3, -0.25) is 10.5 Å². The minimum atomic E-state index is -0.450. The van der Waals surface area contributed by atoms with E-state index in [1.807, 2.05) is 20.8 Å². The Labute approximate surface area is 67.9 Å². The Bertz CT molecular complexity index is 123. The van der Waals surface area contributed by atoms with Crippen molar-refractivity contribution in [3.63, 3.8) is 0 Å². The maximum atomic E-state index is 10.9. The van der Waals surface area contributed by atoms with E-state index in [1.54, 1.807) is 0 Å². The molecular formula is C8H17NO2. The molecule has 0 aliphatic rings. The zero-order valence-corrected chi connectivity index (χ0v) is 7.46. The third-order valence-corrected chi connectivity index (χ3v) is 1.38. The van der Waals surface area contributed by atoms with Crippen molar-refractivity contribution in [3.05, 3.63) is 0 Å². The van der Waals surface area contributed by atoms with E-state index in [0.29, 0.717) is 6.42 Å². The first-order chi connectivity index (χ1) is 5.07. The van der Waals surface area contributed by atoms with E-state index in [2.05, 4.69) is 0 Å². The Morgan fingerprint density at radius 3 is 2.45 bits per heavy atom. The van der Waals surface area contributed by atoms with E-state index in [0.717, 1.165) is 6.42 Å². The molecule has 3 nitrogen and oxygen atoms in total. The molecule has 0 aromatic rings. The van der Waals surface area contributed by atoms with Crippen molar-refractivity contribution in [1.29, 1.82) is 0 Å². The lowest BCUT2D eigenvalue weighted by atomic mass is 10.2. The Balaban J connectivity index is 3.57. The van der Waals surface area contributed by atoms with Crippen molar-refractivity contribution in [2.24, 2.45) is 11.7 Å². The summed E-state index contributed by atoms with van der Waals surface area (Å²) < 4.78 is 4.89. The van der Waals surface area contributed by atoms with Crippen molar-refractivity contribution in [3.8, 4) is 0 Å². The maximum Gasteiger partial charge on any atom is 0.307 e. The van der Waals surface area contributed by atoms with Gasteiger partial charge in [0.1, 0.15) is 0 Å². The highest BCUT2D eigenvalue weighted by Crippen LogP contribution is 2.02. The summed E-state index contributed by atoms with van der Waals surface area (Å²) in [6.07, 6.45) is 0.818. The zero-order chi connectivity index (χ0) is 8.85. The molecule has 11 heavy (non-hydrogen) atoms. The average molecular weight is 159 g/mol. The number of esters is 1. The van der Waals surface area contributed by atoms with Crippen LogP contribution in [0.5, 0.6) is 0 Å². The SMILES string of the molecule is CCCC(=O)OC(N)C(C)C. The van der Waals surface area contributed by atoms with Crippen molar-refractivity contribution in [2.75, 3.05) is 0 Å². The van der Waals surface area contributed by atoms with Gasteiger partial charge in [-0.1, -0.05) is 20.8 Å². The second-order valence-electron chi connectivity index (χ2n) is 2.95.